The zero-order valence-electron chi connectivity index (χ0n) is 9.75. The van der Waals surface area contributed by atoms with Crippen LogP contribution in [0.15, 0.2) is 46.9 Å². The molecule has 0 spiro atoms. The summed E-state index contributed by atoms with van der Waals surface area (Å²) in [7, 11) is 0. The Morgan fingerprint density at radius 2 is 1.89 bits per heavy atom. The van der Waals surface area contributed by atoms with E-state index < -0.39 is 0 Å². The second kappa shape index (κ2) is 5.96. The lowest BCUT2D eigenvalue weighted by Gasteiger charge is -2.17. The molecule has 0 radical (unpaired) electrons. The van der Waals surface area contributed by atoms with Crippen LogP contribution in [0.3, 0.4) is 0 Å². The van der Waals surface area contributed by atoms with Crippen LogP contribution in [0.1, 0.15) is 18.5 Å². The molecule has 18 heavy (non-hydrogen) atoms. The predicted molar refractivity (Wildman–Crippen MR) is 82.6 cm³/mol. The summed E-state index contributed by atoms with van der Waals surface area (Å²) in [5.41, 5.74) is 2.03. The van der Waals surface area contributed by atoms with E-state index in [0.29, 0.717) is 5.02 Å². The standard InChI is InChI=1S/C14H12BrCl2N/c1-9(10-3-2-4-12(16)7-10)18-14-8-11(15)5-6-13(14)17/h2-9,18H,1H3. The highest BCUT2D eigenvalue weighted by Crippen LogP contribution is 2.29. The number of halogens is 3. The number of hydrogen-bond acceptors (Lipinski definition) is 1. The maximum absolute atomic E-state index is 6.15. The van der Waals surface area contributed by atoms with Gasteiger partial charge in [0, 0.05) is 15.5 Å². The van der Waals surface area contributed by atoms with Crippen LogP contribution < -0.4 is 5.32 Å². The van der Waals surface area contributed by atoms with Gasteiger partial charge in [-0.3, -0.25) is 0 Å². The fraction of sp³-hybridized carbons (Fsp3) is 0.143. The second-order valence-electron chi connectivity index (χ2n) is 4.05. The van der Waals surface area contributed by atoms with Crippen LogP contribution in [0.2, 0.25) is 10.0 Å². The lowest BCUT2D eigenvalue weighted by Crippen LogP contribution is -2.06. The van der Waals surface area contributed by atoms with Crippen molar-refractivity contribution in [1.29, 1.82) is 0 Å². The number of benzene rings is 2. The maximum atomic E-state index is 6.15. The number of nitrogens with one attached hydrogen (secondary N) is 1. The van der Waals surface area contributed by atoms with E-state index in [4.69, 9.17) is 23.2 Å². The van der Waals surface area contributed by atoms with Crippen molar-refractivity contribution in [1.82, 2.24) is 0 Å². The summed E-state index contributed by atoms with van der Waals surface area (Å²) in [6, 6.07) is 13.7. The highest BCUT2D eigenvalue weighted by molar-refractivity contribution is 9.10. The van der Waals surface area contributed by atoms with Crippen LogP contribution in [0.4, 0.5) is 5.69 Å². The summed E-state index contributed by atoms with van der Waals surface area (Å²) < 4.78 is 0.993. The molecular weight excluding hydrogens is 333 g/mol. The van der Waals surface area contributed by atoms with Crippen LogP contribution in [0, 0.1) is 0 Å². The monoisotopic (exact) mass is 343 g/mol. The van der Waals surface area contributed by atoms with Gasteiger partial charge in [0.25, 0.3) is 0 Å². The van der Waals surface area contributed by atoms with Crippen molar-refractivity contribution in [2.24, 2.45) is 0 Å². The van der Waals surface area contributed by atoms with E-state index in [-0.39, 0.29) is 6.04 Å². The molecule has 0 bridgehead atoms. The van der Waals surface area contributed by atoms with Crippen LogP contribution in [0.25, 0.3) is 0 Å². The molecule has 0 fully saturated rings. The first-order valence-corrected chi connectivity index (χ1v) is 7.08. The van der Waals surface area contributed by atoms with Gasteiger partial charge >= 0.3 is 0 Å². The molecule has 4 heteroatoms. The molecule has 2 aromatic rings. The number of rotatable bonds is 3. The van der Waals surface area contributed by atoms with E-state index in [2.05, 4.69) is 28.2 Å². The van der Waals surface area contributed by atoms with Crippen LogP contribution in [0.5, 0.6) is 0 Å². The summed E-state index contributed by atoms with van der Waals surface area (Å²) in [4.78, 5) is 0. The Hall–Kier alpha value is -0.700. The van der Waals surface area contributed by atoms with Gasteiger partial charge in [-0.2, -0.15) is 0 Å². The van der Waals surface area contributed by atoms with Gasteiger partial charge in [-0.1, -0.05) is 51.3 Å². The van der Waals surface area contributed by atoms with Gasteiger partial charge in [0.15, 0.2) is 0 Å². The average molecular weight is 345 g/mol. The molecule has 0 heterocycles. The Kier molecular flexibility index (Phi) is 4.55. The minimum absolute atomic E-state index is 0.135. The largest absolute Gasteiger partial charge is 0.377 e. The van der Waals surface area contributed by atoms with Crippen LogP contribution >= 0.6 is 39.1 Å². The quantitative estimate of drug-likeness (QED) is 0.727. The van der Waals surface area contributed by atoms with E-state index in [1.165, 1.54) is 0 Å². The Balaban J connectivity index is 2.21. The number of hydrogen-bond donors (Lipinski definition) is 1. The fourth-order valence-corrected chi connectivity index (χ4v) is 2.43. The van der Waals surface area contributed by atoms with Crippen molar-refractivity contribution in [2.75, 3.05) is 5.32 Å². The fourth-order valence-electron chi connectivity index (χ4n) is 1.70. The molecule has 2 aromatic carbocycles. The molecule has 1 atom stereocenters. The lowest BCUT2D eigenvalue weighted by atomic mass is 10.1. The molecule has 0 aliphatic rings. The van der Waals surface area contributed by atoms with Gasteiger partial charge in [-0.25, -0.2) is 0 Å². The molecular formula is C14H12BrCl2N. The Morgan fingerprint density at radius 3 is 2.61 bits per heavy atom. The topological polar surface area (TPSA) is 12.0 Å². The highest BCUT2D eigenvalue weighted by atomic mass is 79.9. The SMILES string of the molecule is CC(Nc1cc(Br)ccc1Cl)c1cccc(Cl)c1. The third kappa shape index (κ3) is 3.41. The zero-order chi connectivity index (χ0) is 13.1. The van der Waals surface area contributed by atoms with Gasteiger partial charge in [0.2, 0.25) is 0 Å². The van der Waals surface area contributed by atoms with Crippen molar-refractivity contribution >= 4 is 44.8 Å². The molecule has 0 saturated heterocycles. The maximum Gasteiger partial charge on any atom is 0.0638 e. The molecule has 1 N–H and O–H groups in total. The second-order valence-corrected chi connectivity index (χ2v) is 5.80. The summed E-state index contributed by atoms with van der Waals surface area (Å²) in [5, 5.41) is 4.81. The predicted octanol–water partition coefficient (Wildman–Crippen LogP) is 5.93. The number of anilines is 1. The van der Waals surface area contributed by atoms with Gasteiger partial charge in [-0.15, -0.1) is 0 Å². The molecule has 0 aliphatic heterocycles. The van der Waals surface area contributed by atoms with Crippen molar-refractivity contribution in [3.63, 3.8) is 0 Å². The summed E-state index contributed by atoms with van der Waals surface area (Å²) >= 11 is 15.6. The van der Waals surface area contributed by atoms with E-state index in [9.17, 15) is 0 Å². The summed E-state index contributed by atoms with van der Waals surface area (Å²) in [6.45, 7) is 2.07. The third-order valence-corrected chi connectivity index (χ3v) is 3.71. The van der Waals surface area contributed by atoms with Gasteiger partial charge < -0.3 is 5.32 Å². The first kappa shape index (κ1) is 13.7. The van der Waals surface area contributed by atoms with Crippen molar-refractivity contribution in [2.45, 2.75) is 13.0 Å². The Labute approximate surface area is 125 Å². The van der Waals surface area contributed by atoms with Crippen LogP contribution in [-0.4, -0.2) is 0 Å². The smallest absolute Gasteiger partial charge is 0.0638 e. The van der Waals surface area contributed by atoms with Crippen molar-refractivity contribution in [3.05, 3.63) is 62.5 Å². The normalized spacial score (nSPS) is 12.2. The minimum atomic E-state index is 0.135. The van der Waals surface area contributed by atoms with E-state index in [0.717, 1.165) is 20.7 Å². The van der Waals surface area contributed by atoms with Crippen molar-refractivity contribution < 1.29 is 0 Å². The molecule has 0 amide bonds. The Morgan fingerprint density at radius 1 is 1.11 bits per heavy atom. The summed E-state index contributed by atoms with van der Waals surface area (Å²) in [6.07, 6.45) is 0. The molecule has 0 saturated carbocycles. The highest BCUT2D eigenvalue weighted by Gasteiger charge is 2.08. The lowest BCUT2D eigenvalue weighted by molar-refractivity contribution is 0.885. The summed E-state index contributed by atoms with van der Waals surface area (Å²) in [5.74, 6) is 0. The van der Waals surface area contributed by atoms with E-state index in [1.54, 1.807) is 0 Å². The zero-order valence-corrected chi connectivity index (χ0v) is 12.9. The van der Waals surface area contributed by atoms with E-state index >= 15 is 0 Å². The Bertz CT molecular complexity index is 557. The molecule has 0 aliphatic carbocycles. The molecule has 1 nitrogen and oxygen atoms in total. The van der Waals surface area contributed by atoms with Crippen LogP contribution in [-0.2, 0) is 0 Å². The van der Waals surface area contributed by atoms with Gasteiger partial charge in [0.1, 0.15) is 0 Å². The third-order valence-electron chi connectivity index (χ3n) is 2.65. The first-order valence-electron chi connectivity index (χ1n) is 5.53. The molecule has 2 rings (SSSR count). The van der Waals surface area contributed by atoms with Crippen molar-refractivity contribution in [3.8, 4) is 0 Å². The molecule has 1 unspecified atom stereocenters. The first-order chi connectivity index (χ1) is 8.56. The van der Waals surface area contributed by atoms with Gasteiger partial charge in [0.05, 0.1) is 10.7 Å². The van der Waals surface area contributed by atoms with E-state index in [1.807, 2.05) is 42.5 Å². The average Bonchev–Trinajstić information content (AvgIpc) is 2.34. The molecule has 94 valence electrons. The minimum Gasteiger partial charge on any atom is -0.377 e. The van der Waals surface area contributed by atoms with Gasteiger partial charge in [-0.05, 0) is 42.8 Å². The molecule has 0 aromatic heterocycles.